The molecule has 8 heteroatoms. The fourth-order valence-corrected chi connectivity index (χ4v) is 3.99. The number of nitrogens with one attached hydrogen (secondary N) is 2. The molecule has 3 amide bonds. The van der Waals surface area contributed by atoms with Crippen LogP contribution in [-0.4, -0.2) is 54.4 Å². The maximum atomic E-state index is 12.5. The number of carbonyl (C=O) groups is 2. The van der Waals surface area contributed by atoms with Gasteiger partial charge in [0.2, 0.25) is 5.91 Å². The van der Waals surface area contributed by atoms with Crippen molar-refractivity contribution in [2.24, 2.45) is 0 Å². The largest absolute Gasteiger partial charge is 0.495 e. The fourth-order valence-electron chi connectivity index (χ4n) is 3.80. The Bertz CT molecular complexity index is 719. The summed E-state index contributed by atoms with van der Waals surface area (Å²) in [6.45, 7) is 3.37. The molecule has 2 aliphatic rings. The van der Waals surface area contributed by atoms with E-state index in [4.69, 9.17) is 16.3 Å². The highest BCUT2D eigenvalue weighted by atomic mass is 35.5. The first-order valence-electron chi connectivity index (χ1n) is 9.26. The van der Waals surface area contributed by atoms with Gasteiger partial charge in [-0.2, -0.15) is 0 Å². The van der Waals surface area contributed by atoms with Gasteiger partial charge in [-0.15, -0.1) is 0 Å². The number of carbonyl (C=O) groups excluding carboxylic acids is 2. The van der Waals surface area contributed by atoms with Crippen molar-refractivity contribution in [3.63, 3.8) is 0 Å². The predicted molar refractivity (Wildman–Crippen MR) is 102 cm³/mol. The molecule has 0 aliphatic carbocycles. The summed E-state index contributed by atoms with van der Waals surface area (Å²) in [6.07, 6.45) is 1.58. The first-order chi connectivity index (χ1) is 12.9. The van der Waals surface area contributed by atoms with E-state index >= 15 is 0 Å². The Morgan fingerprint density at radius 2 is 2.04 bits per heavy atom. The standard InChI is InChI=1S/C19H26ClN3O4/c1-11-9-13(10-15(27-2)17(11)20)12-5-7-23(8-6-12)16(24)4-3-14-18(25)22-19(26)21-14/h9-10,12,14,18,25H,3-8H2,1-2H3,(H2,21,22,26)/t14-,18?/m1/s1. The van der Waals surface area contributed by atoms with Gasteiger partial charge in [-0.1, -0.05) is 17.7 Å². The van der Waals surface area contributed by atoms with Crippen LogP contribution in [0.5, 0.6) is 5.75 Å². The van der Waals surface area contributed by atoms with Gasteiger partial charge in [-0.25, -0.2) is 4.79 Å². The van der Waals surface area contributed by atoms with Crippen LogP contribution in [0.3, 0.4) is 0 Å². The Morgan fingerprint density at radius 1 is 1.33 bits per heavy atom. The number of likely N-dealkylation sites (tertiary alicyclic amines) is 1. The number of benzene rings is 1. The monoisotopic (exact) mass is 395 g/mol. The van der Waals surface area contributed by atoms with E-state index in [0.29, 0.717) is 42.6 Å². The molecule has 0 aromatic heterocycles. The first-order valence-corrected chi connectivity index (χ1v) is 9.63. The number of aryl methyl sites for hydroxylation is 1. The summed E-state index contributed by atoms with van der Waals surface area (Å²) in [6, 6.07) is 3.29. The highest BCUT2D eigenvalue weighted by Gasteiger charge is 2.31. The second kappa shape index (κ2) is 8.35. The van der Waals surface area contributed by atoms with Crippen LogP contribution in [0.25, 0.3) is 0 Å². The van der Waals surface area contributed by atoms with Gasteiger partial charge in [0, 0.05) is 19.5 Å². The van der Waals surface area contributed by atoms with Crippen molar-refractivity contribution >= 4 is 23.5 Å². The van der Waals surface area contributed by atoms with Crippen LogP contribution >= 0.6 is 11.6 Å². The summed E-state index contributed by atoms with van der Waals surface area (Å²) in [5.41, 5.74) is 2.19. The molecular formula is C19H26ClN3O4. The number of hydrogen-bond acceptors (Lipinski definition) is 4. The molecule has 0 radical (unpaired) electrons. The molecule has 1 unspecified atom stereocenters. The van der Waals surface area contributed by atoms with Gasteiger partial charge < -0.3 is 25.4 Å². The van der Waals surface area contributed by atoms with Gasteiger partial charge >= 0.3 is 6.03 Å². The minimum atomic E-state index is -0.931. The molecule has 7 nitrogen and oxygen atoms in total. The van der Waals surface area contributed by atoms with Crippen molar-refractivity contribution in [2.75, 3.05) is 20.2 Å². The quantitative estimate of drug-likeness (QED) is 0.712. The number of ether oxygens (including phenoxy) is 1. The summed E-state index contributed by atoms with van der Waals surface area (Å²) in [5, 5.41) is 15.3. The summed E-state index contributed by atoms with van der Waals surface area (Å²) in [7, 11) is 1.62. The van der Waals surface area contributed by atoms with Crippen LogP contribution in [0.4, 0.5) is 4.79 Å². The second-order valence-electron chi connectivity index (χ2n) is 7.22. The zero-order valence-corrected chi connectivity index (χ0v) is 16.4. The maximum absolute atomic E-state index is 12.5. The molecule has 148 valence electrons. The molecule has 3 N–H and O–H groups in total. The Balaban J connectivity index is 1.52. The van der Waals surface area contributed by atoms with Gasteiger partial charge in [0.05, 0.1) is 18.2 Å². The van der Waals surface area contributed by atoms with Crippen molar-refractivity contribution in [2.45, 2.75) is 50.8 Å². The number of amides is 3. The highest BCUT2D eigenvalue weighted by molar-refractivity contribution is 6.32. The third-order valence-electron chi connectivity index (χ3n) is 5.43. The Labute approximate surface area is 164 Å². The van der Waals surface area contributed by atoms with Gasteiger partial charge in [0.25, 0.3) is 0 Å². The van der Waals surface area contributed by atoms with Crippen molar-refractivity contribution in [1.29, 1.82) is 0 Å². The van der Waals surface area contributed by atoms with E-state index < -0.39 is 18.3 Å². The average molecular weight is 396 g/mol. The molecule has 27 heavy (non-hydrogen) atoms. The lowest BCUT2D eigenvalue weighted by Gasteiger charge is -2.33. The summed E-state index contributed by atoms with van der Waals surface area (Å²) in [4.78, 5) is 25.5. The zero-order chi connectivity index (χ0) is 19.6. The molecule has 2 fully saturated rings. The third kappa shape index (κ3) is 4.47. The molecule has 2 saturated heterocycles. The second-order valence-corrected chi connectivity index (χ2v) is 7.59. The molecule has 2 aliphatic heterocycles. The Morgan fingerprint density at radius 3 is 2.63 bits per heavy atom. The van der Waals surface area contributed by atoms with Gasteiger partial charge in [-0.05, 0) is 49.3 Å². The molecule has 0 bridgehead atoms. The van der Waals surface area contributed by atoms with E-state index in [1.165, 1.54) is 5.56 Å². The zero-order valence-electron chi connectivity index (χ0n) is 15.6. The number of piperidine rings is 1. The van der Waals surface area contributed by atoms with Crippen molar-refractivity contribution in [3.05, 3.63) is 28.3 Å². The molecule has 2 atom stereocenters. The van der Waals surface area contributed by atoms with E-state index in [9.17, 15) is 14.7 Å². The number of nitrogens with zero attached hydrogens (tertiary/aromatic N) is 1. The minimum Gasteiger partial charge on any atom is -0.495 e. The van der Waals surface area contributed by atoms with Crippen LogP contribution in [0.2, 0.25) is 5.02 Å². The van der Waals surface area contributed by atoms with Crippen LogP contribution < -0.4 is 15.4 Å². The highest BCUT2D eigenvalue weighted by Crippen LogP contribution is 2.36. The maximum Gasteiger partial charge on any atom is 0.317 e. The van der Waals surface area contributed by atoms with E-state index in [1.807, 2.05) is 17.9 Å². The number of hydrogen-bond donors (Lipinski definition) is 3. The molecule has 1 aromatic rings. The fraction of sp³-hybridized carbons (Fsp3) is 0.579. The average Bonchev–Trinajstić information content (AvgIpc) is 2.99. The molecule has 0 saturated carbocycles. The smallest absolute Gasteiger partial charge is 0.317 e. The van der Waals surface area contributed by atoms with Crippen LogP contribution in [0.1, 0.15) is 42.7 Å². The topological polar surface area (TPSA) is 90.9 Å². The Kier molecular flexibility index (Phi) is 6.11. The van der Waals surface area contributed by atoms with Gasteiger partial charge in [0.1, 0.15) is 12.0 Å². The van der Waals surface area contributed by atoms with Crippen molar-refractivity contribution in [1.82, 2.24) is 15.5 Å². The number of aliphatic hydroxyl groups excluding tert-OH is 1. The van der Waals surface area contributed by atoms with E-state index in [0.717, 1.165) is 18.4 Å². The molecule has 1 aromatic carbocycles. The number of aliphatic hydroxyl groups is 1. The summed E-state index contributed by atoms with van der Waals surface area (Å²) >= 11 is 6.25. The lowest BCUT2D eigenvalue weighted by Crippen LogP contribution is -2.39. The normalized spacial score (nSPS) is 23.1. The van der Waals surface area contributed by atoms with E-state index in [-0.39, 0.29) is 5.91 Å². The van der Waals surface area contributed by atoms with Crippen LogP contribution in [-0.2, 0) is 4.79 Å². The third-order valence-corrected chi connectivity index (χ3v) is 5.91. The number of rotatable bonds is 5. The molecular weight excluding hydrogens is 370 g/mol. The van der Waals surface area contributed by atoms with E-state index in [2.05, 4.69) is 16.7 Å². The lowest BCUT2D eigenvalue weighted by atomic mass is 9.88. The van der Waals surface area contributed by atoms with E-state index in [1.54, 1.807) is 7.11 Å². The number of urea groups is 1. The first kappa shape index (κ1) is 19.8. The van der Waals surface area contributed by atoms with Crippen molar-refractivity contribution in [3.8, 4) is 5.75 Å². The van der Waals surface area contributed by atoms with Crippen LogP contribution in [0, 0.1) is 6.92 Å². The number of halogens is 1. The lowest BCUT2D eigenvalue weighted by molar-refractivity contribution is -0.132. The summed E-state index contributed by atoms with van der Waals surface area (Å²) in [5.74, 6) is 1.13. The summed E-state index contributed by atoms with van der Waals surface area (Å²) < 4.78 is 5.36. The number of methoxy groups -OCH3 is 1. The minimum absolute atomic E-state index is 0.0617. The Hall–Kier alpha value is -1.99. The van der Waals surface area contributed by atoms with Crippen molar-refractivity contribution < 1.29 is 19.4 Å². The SMILES string of the molecule is COc1cc(C2CCN(C(=O)CC[C@H]3NC(=O)NC3O)CC2)cc(C)c1Cl. The van der Waals surface area contributed by atoms with Gasteiger partial charge in [-0.3, -0.25) is 4.79 Å². The molecule has 3 rings (SSSR count). The van der Waals surface area contributed by atoms with Gasteiger partial charge in [0.15, 0.2) is 0 Å². The predicted octanol–water partition coefficient (Wildman–Crippen LogP) is 2.14. The van der Waals surface area contributed by atoms with Crippen LogP contribution in [0.15, 0.2) is 12.1 Å². The molecule has 2 heterocycles. The molecule has 0 spiro atoms.